The number of Topliss-reactive ketones (excluding diaryl/α,β-unsaturated/α-hetero) is 1. The predicted molar refractivity (Wildman–Crippen MR) is 129 cm³/mol. The predicted octanol–water partition coefficient (Wildman–Crippen LogP) is 3.30. The SMILES string of the molecule is CC(=O)CCC(=O)O[C@H]1[C@@H]2O[Si](C(C)(C)C)(C(C)(C)C)OC[C@H]2OC(O)[C@@H]1NC(=O)C(Cl)(Cl)Cl. The Balaban J connectivity index is 2.47. The Bertz CT molecular complexity index is 778. The number of aliphatic hydroxyl groups excluding tert-OH is 1. The van der Waals surface area contributed by atoms with E-state index < -0.39 is 65.0 Å². The molecular weight excluding hydrogens is 529 g/mol. The molecule has 0 aliphatic carbocycles. The molecule has 2 aliphatic rings. The van der Waals surface area contributed by atoms with E-state index in [0.717, 1.165) is 0 Å². The minimum Gasteiger partial charge on any atom is -0.457 e. The summed E-state index contributed by atoms with van der Waals surface area (Å²) in [6.07, 6.45) is -4.66. The van der Waals surface area contributed by atoms with Crippen molar-refractivity contribution in [1.29, 1.82) is 0 Å². The van der Waals surface area contributed by atoms with Crippen molar-refractivity contribution in [2.24, 2.45) is 0 Å². The molecule has 0 spiro atoms. The molecule has 0 aromatic carbocycles. The van der Waals surface area contributed by atoms with E-state index in [2.05, 4.69) is 5.32 Å². The Morgan fingerprint density at radius 2 is 1.62 bits per heavy atom. The van der Waals surface area contributed by atoms with E-state index in [1.807, 2.05) is 41.5 Å². The first-order valence-electron chi connectivity index (χ1n) is 11.0. The Morgan fingerprint density at radius 1 is 1.06 bits per heavy atom. The Labute approximate surface area is 216 Å². The molecule has 0 saturated carbocycles. The van der Waals surface area contributed by atoms with Gasteiger partial charge in [0.25, 0.3) is 9.70 Å². The molecule has 196 valence electrons. The summed E-state index contributed by atoms with van der Waals surface area (Å²) < 4.78 is 22.1. The van der Waals surface area contributed by atoms with E-state index in [0.29, 0.717) is 0 Å². The summed E-state index contributed by atoms with van der Waals surface area (Å²) in [7, 11) is -3.05. The Kier molecular flexibility index (Phi) is 9.19. The van der Waals surface area contributed by atoms with Crippen molar-refractivity contribution in [3.05, 3.63) is 0 Å². The number of ketones is 1. The highest BCUT2D eigenvalue weighted by atomic mass is 35.6. The number of rotatable bonds is 5. The largest absolute Gasteiger partial charge is 0.457 e. The summed E-state index contributed by atoms with van der Waals surface area (Å²) in [5.41, 5.74) is 0. The smallest absolute Gasteiger partial charge is 0.349 e. The van der Waals surface area contributed by atoms with Crippen molar-refractivity contribution >= 4 is 61.0 Å². The average Bonchev–Trinajstić information content (AvgIpc) is 2.66. The van der Waals surface area contributed by atoms with Crippen LogP contribution in [0.15, 0.2) is 0 Å². The Morgan fingerprint density at radius 3 is 2.09 bits per heavy atom. The second kappa shape index (κ2) is 10.5. The van der Waals surface area contributed by atoms with Crippen molar-refractivity contribution in [3.63, 3.8) is 0 Å². The molecule has 34 heavy (non-hydrogen) atoms. The van der Waals surface area contributed by atoms with Crippen LogP contribution in [-0.2, 0) is 32.7 Å². The summed E-state index contributed by atoms with van der Waals surface area (Å²) in [5.74, 6) is -1.91. The number of carbonyl (C=O) groups excluding carboxylic acids is 3. The lowest BCUT2D eigenvalue weighted by Gasteiger charge is -2.57. The van der Waals surface area contributed by atoms with Gasteiger partial charge in [0.15, 0.2) is 12.4 Å². The fourth-order valence-corrected chi connectivity index (χ4v) is 9.67. The zero-order valence-electron chi connectivity index (χ0n) is 20.4. The lowest BCUT2D eigenvalue weighted by Crippen LogP contribution is -2.73. The van der Waals surface area contributed by atoms with Crippen LogP contribution < -0.4 is 5.32 Å². The number of aliphatic hydroxyl groups is 1. The normalized spacial score (nSPS) is 29.7. The van der Waals surface area contributed by atoms with Gasteiger partial charge in [-0.3, -0.25) is 9.59 Å². The van der Waals surface area contributed by atoms with Crippen molar-refractivity contribution in [3.8, 4) is 0 Å². The van der Waals surface area contributed by atoms with Gasteiger partial charge >= 0.3 is 14.5 Å². The lowest BCUT2D eigenvalue weighted by molar-refractivity contribution is -0.270. The zero-order valence-corrected chi connectivity index (χ0v) is 23.7. The van der Waals surface area contributed by atoms with Gasteiger partial charge in [0.2, 0.25) is 0 Å². The quantitative estimate of drug-likeness (QED) is 0.297. The molecule has 2 aliphatic heterocycles. The first-order valence-corrected chi connectivity index (χ1v) is 14.0. The fourth-order valence-electron chi connectivity index (χ4n) is 4.55. The second-order valence-corrected chi connectivity index (χ2v) is 17.8. The van der Waals surface area contributed by atoms with Gasteiger partial charge in [0.1, 0.15) is 24.0 Å². The lowest BCUT2D eigenvalue weighted by atomic mass is 9.96. The van der Waals surface area contributed by atoms with Crippen LogP contribution in [0, 0.1) is 0 Å². The van der Waals surface area contributed by atoms with Crippen LogP contribution in [0.1, 0.15) is 61.3 Å². The molecule has 13 heteroatoms. The molecule has 1 amide bonds. The minimum atomic E-state index is -3.05. The maximum Gasteiger partial charge on any atom is 0.349 e. The van der Waals surface area contributed by atoms with Crippen LogP contribution in [-0.4, -0.2) is 72.4 Å². The summed E-state index contributed by atoms with van der Waals surface area (Å²) >= 11 is 17.1. The van der Waals surface area contributed by atoms with Crippen LogP contribution >= 0.6 is 34.8 Å². The topological polar surface area (TPSA) is 120 Å². The van der Waals surface area contributed by atoms with Crippen molar-refractivity contribution in [2.45, 2.75) is 106 Å². The van der Waals surface area contributed by atoms with E-state index in [-0.39, 0.29) is 25.2 Å². The number of carbonyl (C=O) groups is 3. The van der Waals surface area contributed by atoms with Crippen molar-refractivity contribution < 1.29 is 37.8 Å². The van der Waals surface area contributed by atoms with E-state index >= 15 is 0 Å². The van der Waals surface area contributed by atoms with Gasteiger partial charge in [0.05, 0.1) is 13.0 Å². The zero-order chi connectivity index (χ0) is 26.3. The number of nitrogens with one attached hydrogen (secondary N) is 1. The van der Waals surface area contributed by atoms with Crippen LogP contribution in [0.5, 0.6) is 0 Å². The number of fused-ring (bicyclic) bond motifs is 1. The van der Waals surface area contributed by atoms with Crippen LogP contribution in [0.3, 0.4) is 0 Å². The van der Waals surface area contributed by atoms with Gasteiger partial charge in [-0.1, -0.05) is 76.3 Å². The maximum atomic E-state index is 12.6. The van der Waals surface area contributed by atoms with Gasteiger partial charge in [-0.25, -0.2) is 0 Å². The van der Waals surface area contributed by atoms with Gasteiger partial charge in [-0.05, 0) is 6.92 Å². The molecule has 2 fully saturated rings. The van der Waals surface area contributed by atoms with Crippen LogP contribution in [0.25, 0.3) is 0 Å². The molecular formula is C21H34Cl3NO8Si. The summed E-state index contributed by atoms with van der Waals surface area (Å²) in [5, 5.41) is 12.3. The number of hydrogen-bond donors (Lipinski definition) is 2. The van der Waals surface area contributed by atoms with E-state index in [4.69, 9.17) is 53.1 Å². The number of halogens is 3. The van der Waals surface area contributed by atoms with E-state index in [1.54, 1.807) is 0 Å². The van der Waals surface area contributed by atoms with Gasteiger partial charge in [-0.15, -0.1) is 0 Å². The highest BCUT2D eigenvalue weighted by Crippen LogP contribution is 2.55. The third kappa shape index (κ3) is 6.45. The third-order valence-corrected chi connectivity index (χ3v) is 11.5. The van der Waals surface area contributed by atoms with Gasteiger partial charge in [-0.2, -0.15) is 0 Å². The first-order chi connectivity index (χ1) is 15.3. The average molecular weight is 563 g/mol. The molecule has 2 N–H and O–H groups in total. The van der Waals surface area contributed by atoms with Crippen molar-refractivity contribution in [2.75, 3.05) is 6.61 Å². The monoisotopic (exact) mass is 561 g/mol. The van der Waals surface area contributed by atoms with Crippen LogP contribution in [0.4, 0.5) is 0 Å². The number of amides is 1. The number of alkyl halides is 3. The summed E-state index contributed by atoms with van der Waals surface area (Å²) in [6.45, 7) is 13.5. The van der Waals surface area contributed by atoms with Crippen LogP contribution in [0.2, 0.25) is 10.1 Å². The molecule has 0 radical (unpaired) electrons. The number of hydrogen-bond acceptors (Lipinski definition) is 8. The summed E-state index contributed by atoms with van der Waals surface area (Å²) in [4.78, 5) is 36.4. The molecule has 2 rings (SSSR count). The number of ether oxygens (including phenoxy) is 2. The molecule has 0 aromatic heterocycles. The minimum absolute atomic E-state index is 0.0173. The molecule has 9 nitrogen and oxygen atoms in total. The van der Waals surface area contributed by atoms with Crippen molar-refractivity contribution in [1.82, 2.24) is 5.32 Å². The first kappa shape index (κ1) is 29.8. The molecule has 1 unspecified atom stereocenters. The van der Waals surface area contributed by atoms with Gasteiger partial charge < -0.3 is 33.5 Å². The summed E-state index contributed by atoms with van der Waals surface area (Å²) in [6, 6.07) is -1.30. The van der Waals surface area contributed by atoms with E-state index in [1.165, 1.54) is 6.92 Å². The Hall–Kier alpha value is -0.463. The molecule has 0 bridgehead atoms. The van der Waals surface area contributed by atoms with E-state index in [9.17, 15) is 19.5 Å². The van der Waals surface area contributed by atoms with Gasteiger partial charge in [0, 0.05) is 16.5 Å². The second-order valence-electron chi connectivity index (χ2n) is 10.7. The molecule has 0 aromatic rings. The maximum absolute atomic E-state index is 12.6. The third-order valence-electron chi connectivity index (χ3n) is 5.90. The highest BCUT2D eigenvalue weighted by molar-refractivity contribution is 6.76. The molecule has 2 saturated heterocycles. The molecule has 5 atom stereocenters. The number of esters is 1. The standard InChI is InChI=1S/C21H34Cl3NO8Si/c1-11(26)8-9-13(27)32-16-14(25-18(29)21(22,23)24)17(28)31-12-10-30-34(19(2,3)4,20(5,6)7)33-15(12)16/h12,14-17,28H,8-10H2,1-7H3,(H,25,29)/t12-,14-,15-,16-,17?/m1/s1. The fraction of sp³-hybridized carbons (Fsp3) is 0.857. The molecule has 2 heterocycles. The highest BCUT2D eigenvalue weighted by Gasteiger charge is 2.65.